The van der Waals surface area contributed by atoms with Crippen LogP contribution in [0.4, 0.5) is 5.69 Å². The molecule has 2 aromatic rings. The second kappa shape index (κ2) is 8.81. The van der Waals surface area contributed by atoms with Crippen molar-refractivity contribution < 1.29 is 24.0 Å². The summed E-state index contributed by atoms with van der Waals surface area (Å²) in [5, 5.41) is 13.8. The SMILES string of the molecule is O=C(COC(=O)/C=C/c1ccccc1[N+](=O)[O-])NC1CCOc2ccccc21. The fraction of sp³-hybridized carbons (Fsp3) is 0.200. The second-order valence-electron chi connectivity index (χ2n) is 6.05. The lowest BCUT2D eigenvalue weighted by Crippen LogP contribution is -2.34. The van der Waals surface area contributed by atoms with Gasteiger partial charge in [-0.2, -0.15) is 0 Å². The molecule has 0 radical (unpaired) electrons. The van der Waals surface area contributed by atoms with Crippen molar-refractivity contribution in [1.82, 2.24) is 5.32 Å². The van der Waals surface area contributed by atoms with E-state index in [1.54, 1.807) is 6.07 Å². The number of amides is 1. The summed E-state index contributed by atoms with van der Waals surface area (Å²) in [6.07, 6.45) is 2.96. The minimum absolute atomic E-state index is 0.123. The van der Waals surface area contributed by atoms with Gasteiger partial charge in [-0.1, -0.05) is 30.3 Å². The lowest BCUT2D eigenvalue weighted by atomic mass is 10.0. The zero-order chi connectivity index (χ0) is 19.9. The molecule has 1 aliphatic heterocycles. The summed E-state index contributed by atoms with van der Waals surface area (Å²) in [5.74, 6) is -0.474. The Hall–Kier alpha value is -3.68. The molecule has 28 heavy (non-hydrogen) atoms. The molecule has 1 atom stereocenters. The number of esters is 1. The van der Waals surface area contributed by atoms with Crippen molar-refractivity contribution >= 4 is 23.6 Å². The third-order valence-corrected chi connectivity index (χ3v) is 4.17. The average Bonchev–Trinajstić information content (AvgIpc) is 2.71. The Balaban J connectivity index is 1.53. The molecule has 1 heterocycles. The van der Waals surface area contributed by atoms with E-state index in [-0.39, 0.29) is 17.3 Å². The topological polar surface area (TPSA) is 108 Å². The van der Waals surface area contributed by atoms with Crippen molar-refractivity contribution in [2.75, 3.05) is 13.2 Å². The summed E-state index contributed by atoms with van der Waals surface area (Å²) < 4.78 is 10.5. The summed E-state index contributed by atoms with van der Waals surface area (Å²) in [6.45, 7) is 0.0416. The normalized spacial score (nSPS) is 15.4. The summed E-state index contributed by atoms with van der Waals surface area (Å²) in [5.41, 5.74) is 1.03. The molecule has 2 aromatic carbocycles. The van der Waals surface area contributed by atoms with E-state index < -0.39 is 23.4 Å². The largest absolute Gasteiger partial charge is 0.493 e. The van der Waals surface area contributed by atoms with Gasteiger partial charge in [0, 0.05) is 24.1 Å². The van der Waals surface area contributed by atoms with E-state index in [4.69, 9.17) is 9.47 Å². The quantitative estimate of drug-likeness (QED) is 0.356. The second-order valence-corrected chi connectivity index (χ2v) is 6.05. The molecule has 0 bridgehead atoms. The van der Waals surface area contributed by atoms with Crippen molar-refractivity contribution in [2.24, 2.45) is 0 Å². The van der Waals surface area contributed by atoms with E-state index in [0.717, 1.165) is 17.4 Å². The van der Waals surface area contributed by atoms with E-state index in [0.29, 0.717) is 13.0 Å². The predicted molar refractivity (Wildman–Crippen MR) is 101 cm³/mol. The zero-order valence-corrected chi connectivity index (χ0v) is 14.9. The first kappa shape index (κ1) is 19.1. The zero-order valence-electron chi connectivity index (χ0n) is 14.9. The number of carbonyl (C=O) groups excluding carboxylic acids is 2. The number of fused-ring (bicyclic) bond motifs is 1. The molecule has 0 saturated carbocycles. The molecule has 0 fully saturated rings. The number of nitrogens with one attached hydrogen (secondary N) is 1. The van der Waals surface area contributed by atoms with Crippen LogP contribution in [0, 0.1) is 10.1 Å². The van der Waals surface area contributed by atoms with Crippen molar-refractivity contribution in [3.8, 4) is 5.75 Å². The summed E-state index contributed by atoms with van der Waals surface area (Å²) in [4.78, 5) is 34.3. The maximum absolute atomic E-state index is 12.1. The number of carbonyl (C=O) groups is 2. The van der Waals surface area contributed by atoms with Gasteiger partial charge in [-0.15, -0.1) is 0 Å². The minimum atomic E-state index is -0.763. The maximum atomic E-state index is 12.1. The van der Waals surface area contributed by atoms with Gasteiger partial charge in [-0.3, -0.25) is 14.9 Å². The highest BCUT2D eigenvalue weighted by molar-refractivity contribution is 5.90. The van der Waals surface area contributed by atoms with Gasteiger partial charge in [-0.25, -0.2) is 4.79 Å². The Morgan fingerprint density at radius 1 is 1.21 bits per heavy atom. The van der Waals surface area contributed by atoms with Crippen LogP contribution in [0.5, 0.6) is 5.75 Å². The van der Waals surface area contributed by atoms with Crippen molar-refractivity contribution in [1.29, 1.82) is 0 Å². The van der Waals surface area contributed by atoms with Crippen LogP contribution in [0.3, 0.4) is 0 Å². The Morgan fingerprint density at radius 3 is 2.79 bits per heavy atom. The van der Waals surface area contributed by atoms with Crippen LogP contribution in [0.1, 0.15) is 23.6 Å². The number of ether oxygens (including phenoxy) is 2. The monoisotopic (exact) mass is 382 g/mol. The number of hydrogen-bond donors (Lipinski definition) is 1. The lowest BCUT2D eigenvalue weighted by molar-refractivity contribution is -0.385. The fourth-order valence-corrected chi connectivity index (χ4v) is 2.87. The minimum Gasteiger partial charge on any atom is -0.493 e. The average molecular weight is 382 g/mol. The van der Waals surface area contributed by atoms with Crippen LogP contribution in [0.2, 0.25) is 0 Å². The van der Waals surface area contributed by atoms with Crippen LogP contribution in [-0.2, 0) is 14.3 Å². The molecular weight excluding hydrogens is 364 g/mol. The highest BCUT2D eigenvalue weighted by Crippen LogP contribution is 2.31. The molecule has 8 heteroatoms. The van der Waals surface area contributed by atoms with E-state index in [1.165, 1.54) is 24.3 Å². The van der Waals surface area contributed by atoms with Gasteiger partial charge in [0.25, 0.3) is 11.6 Å². The third kappa shape index (κ3) is 4.73. The van der Waals surface area contributed by atoms with Crippen molar-refractivity contribution in [3.05, 3.63) is 75.8 Å². The van der Waals surface area contributed by atoms with E-state index in [2.05, 4.69) is 5.32 Å². The van der Waals surface area contributed by atoms with Gasteiger partial charge in [0.2, 0.25) is 0 Å². The maximum Gasteiger partial charge on any atom is 0.331 e. The summed E-state index contributed by atoms with van der Waals surface area (Å²) in [6, 6.07) is 13.2. The van der Waals surface area contributed by atoms with Crippen molar-refractivity contribution in [3.63, 3.8) is 0 Å². The van der Waals surface area contributed by atoms with Gasteiger partial charge in [0.1, 0.15) is 5.75 Å². The Labute approximate surface area is 160 Å². The van der Waals surface area contributed by atoms with E-state index in [9.17, 15) is 19.7 Å². The summed E-state index contributed by atoms with van der Waals surface area (Å²) in [7, 11) is 0. The molecule has 0 saturated heterocycles. The lowest BCUT2D eigenvalue weighted by Gasteiger charge is -2.26. The number of nitro groups is 1. The van der Waals surface area contributed by atoms with Gasteiger partial charge in [0.05, 0.1) is 23.1 Å². The van der Waals surface area contributed by atoms with Crippen LogP contribution in [-0.4, -0.2) is 30.0 Å². The van der Waals surface area contributed by atoms with Crippen molar-refractivity contribution in [2.45, 2.75) is 12.5 Å². The molecule has 0 aromatic heterocycles. The highest BCUT2D eigenvalue weighted by Gasteiger charge is 2.22. The summed E-state index contributed by atoms with van der Waals surface area (Å²) >= 11 is 0. The Morgan fingerprint density at radius 2 is 1.96 bits per heavy atom. The van der Waals surface area contributed by atoms with Crippen LogP contribution < -0.4 is 10.1 Å². The first-order chi connectivity index (χ1) is 13.5. The molecule has 8 nitrogen and oxygen atoms in total. The van der Waals surface area contributed by atoms with Gasteiger partial charge in [-0.05, 0) is 18.2 Å². The first-order valence-electron chi connectivity index (χ1n) is 8.64. The molecule has 3 rings (SSSR count). The molecule has 1 aliphatic rings. The van der Waals surface area contributed by atoms with Gasteiger partial charge in [0.15, 0.2) is 6.61 Å². The standard InChI is InChI=1S/C20H18N2O6/c23-19(21-16-11-12-27-18-8-4-2-6-15(16)18)13-28-20(24)10-9-14-5-1-3-7-17(14)22(25)26/h1-10,16H,11-13H2,(H,21,23)/b10-9+. The number of rotatable bonds is 6. The molecule has 1 unspecified atom stereocenters. The molecule has 1 N–H and O–H groups in total. The number of nitro benzene ring substituents is 1. The Bertz CT molecular complexity index is 924. The molecular formula is C20H18N2O6. The molecule has 144 valence electrons. The third-order valence-electron chi connectivity index (χ3n) is 4.17. The number of benzene rings is 2. The first-order valence-corrected chi connectivity index (χ1v) is 8.64. The smallest absolute Gasteiger partial charge is 0.331 e. The van der Waals surface area contributed by atoms with Gasteiger partial charge >= 0.3 is 5.97 Å². The number of hydrogen-bond acceptors (Lipinski definition) is 6. The highest BCUT2D eigenvalue weighted by atomic mass is 16.6. The van der Waals surface area contributed by atoms with Crippen LogP contribution in [0.25, 0.3) is 6.08 Å². The molecule has 0 spiro atoms. The molecule has 1 amide bonds. The van der Waals surface area contributed by atoms with Crippen LogP contribution >= 0.6 is 0 Å². The van der Waals surface area contributed by atoms with E-state index in [1.807, 2.05) is 24.3 Å². The molecule has 0 aliphatic carbocycles. The Kier molecular flexibility index (Phi) is 6.01. The predicted octanol–water partition coefficient (Wildman–Crippen LogP) is 2.79. The van der Waals surface area contributed by atoms with E-state index >= 15 is 0 Å². The number of para-hydroxylation sites is 2. The fourth-order valence-electron chi connectivity index (χ4n) is 2.87. The van der Waals surface area contributed by atoms with Crippen LogP contribution in [0.15, 0.2) is 54.6 Å². The van der Waals surface area contributed by atoms with Gasteiger partial charge < -0.3 is 14.8 Å². The number of nitrogens with zero attached hydrogens (tertiary/aromatic N) is 1.